The van der Waals surface area contributed by atoms with Crippen LogP contribution in [0.1, 0.15) is 43.4 Å². The molecule has 0 bridgehead atoms. The van der Waals surface area contributed by atoms with Crippen molar-refractivity contribution in [2.45, 2.75) is 32.2 Å². The summed E-state index contributed by atoms with van der Waals surface area (Å²) >= 11 is 0. The fourth-order valence-electron chi connectivity index (χ4n) is 4.72. The normalized spacial score (nSPS) is 19.8. The summed E-state index contributed by atoms with van der Waals surface area (Å²) in [6, 6.07) is 13.5. The first-order valence-corrected chi connectivity index (χ1v) is 13.0. The molecule has 8 heteroatoms. The van der Waals surface area contributed by atoms with E-state index in [2.05, 4.69) is 11.8 Å². The average Bonchev–Trinajstić information content (AvgIpc) is 3.19. The van der Waals surface area contributed by atoms with E-state index in [4.69, 9.17) is 14.2 Å². The van der Waals surface area contributed by atoms with Crippen molar-refractivity contribution in [2.75, 3.05) is 53.1 Å². The molecule has 37 heavy (non-hydrogen) atoms. The molecule has 8 nitrogen and oxygen atoms in total. The molecule has 2 aromatic carbocycles. The van der Waals surface area contributed by atoms with Crippen molar-refractivity contribution in [3.8, 4) is 11.5 Å². The molecule has 0 saturated carbocycles. The summed E-state index contributed by atoms with van der Waals surface area (Å²) in [5.41, 5.74) is 1.29. The van der Waals surface area contributed by atoms with Gasteiger partial charge in [0.2, 0.25) is 0 Å². The van der Waals surface area contributed by atoms with E-state index < -0.39 is 17.7 Å². The van der Waals surface area contributed by atoms with Crippen LogP contribution in [0.25, 0.3) is 5.76 Å². The third kappa shape index (κ3) is 6.32. The number of Topliss-reactive ketones (excluding diaryl/α,β-unsaturated/α-hetero) is 1. The molecule has 4 rings (SSSR count). The molecule has 1 atom stereocenters. The summed E-state index contributed by atoms with van der Waals surface area (Å²) in [4.78, 5) is 30.3. The van der Waals surface area contributed by atoms with Crippen LogP contribution in [0.15, 0.2) is 54.1 Å². The van der Waals surface area contributed by atoms with Crippen molar-refractivity contribution in [3.05, 3.63) is 65.2 Å². The van der Waals surface area contributed by atoms with Gasteiger partial charge in [-0.15, -0.1) is 0 Å². The predicted molar refractivity (Wildman–Crippen MR) is 141 cm³/mol. The third-order valence-corrected chi connectivity index (χ3v) is 6.88. The zero-order chi connectivity index (χ0) is 26.2. The molecule has 1 N–H and O–H groups in total. The number of ether oxygens (including phenoxy) is 3. The number of aliphatic hydroxyl groups excluding tert-OH is 1. The zero-order valence-corrected chi connectivity index (χ0v) is 21.7. The number of benzene rings is 2. The molecule has 1 unspecified atom stereocenters. The first kappa shape index (κ1) is 26.7. The number of methoxy groups -OCH3 is 1. The Kier molecular flexibility index (Phi) is 9.19. The maximum absolute atomic E-state index is 13.3. The first-order valence-electron chi connectivity index (χ1n) is 13.0. The van der Waals surface area contributed by atoms with Crippen molar-refractivity contribution in [1.82, 2.24) is 9.80 Å². The lowest BCUT2D eigenvalue weighted by molar-refractivity contribution is -0.140. The molecule has 0 aliphatic carbocycles. The molecular weight excluding hydrogens is 472 g/mol. The number of hydrogen-bond acceptors (Lipinski definition) is 7. The number of morpholine rings is 1. The van der Waals surface area contributed by atoms with E-state index in [-0.39, 0.29) is 11.3 Å². The Labute approximate surface area is 218 Å². The van der Waals surface area contributed by atoms with Crippen molar-refractivity contribution >= 4 is 17.4 Å². The number of carbonyl (C=O) groups is 2. The predicted octanol–water partition coefficient (Wildman–Crippen LogP) is 4.02. The number of hydrogen-bond donors (Lipinski definition) is 1. The summed E-state index contributed by atoms with van der Waals surface area (Å²) in [6.45, 7) is 6.64. The van der Waals surface area contributed by atoms with Gasteiger partial charge in [0.25, 0.3) is 11.7 Å². The number of nitrogens with zero attached hydrogens (tertiary/aromatic N) is 2. The molecule has 2 heterocycles. The highest BCUT2D eigenvalue weighted by Crippen LogP contribution is 2.40. The first-order chi connectivity index (χ1) is 18.0. The summed E-state index contributed by atoms with van der Waals surface area (Å²) in [6.07, 6.45) is 3.22. The topological polar surface area (TPSA) is 88.5 Å². The van der Waals surface area contributed by atoms with Gasteiger partial charge in [-0.25, -0.2) is 0 Å². The van der Waals surface area contributed by atoms with Crippen LogP contribution in [0, 0.1) is 0 Å². The van der Waals surface area contributed by atoms with E-state index in [1.807, 2.05) is 24.3 Å². The molecule has 2 saturated heterocycles. The van der Waals surface area contributed by atoms with Gasteiger partial charge in [-0.1, -0.05) is 31.9 Å². The van der Waals surface area contributed by atoms with Crippen LogP contribution in [0.4, 0.5) is 0 Å². The lowest BCUT2D eigenvalue weighted by atomic mass is 9.95. The van der Waals surface area contributed by atoms with E-state index in [0.717, 1.165) is 43.7 Å². The van der Waals surface area contributed by atoms with Crippen molar-refractivity contribution in [1.29, 1.82) is 0 Å². The fourth-order valence-corrected chi connectivity index (χ4v) is 4.72. The molecule has 0 spiro atoms. The van der Waals surface area contributed by atoms with Crippen LogP contribution in [0.3, 0.4) is 0 Å². The number of aliphatic hydroxyl groups is 1. The molecule has 0 radical (unpaired) electrons. The zero-order valence-electron chi connectivity index (χ0n) is 21.7. The SMILES string of the molecule is CCCCCOc1ccc(C2/C(=C(\O)c3ccc(OC)cc3)C(=O)C(=O)N2CCN2CCOCC2)cc1. The minimum atomic E-state index is -0.697. The lowest BCUT2D eigenvalue weighted by Gasteiger charge is -2.31. The molecule has 2 fully saturated rings. The van der Waals surface area contributed by atoms with Gasteiger partial charge in [-0.3, -0.25) is 14.5 Å². The number of ketones is 1. The Morgan fingerprint density at radius 1 is 0.973 bits per heavy atom. The van der Waals surface area contributed by atoms with Crippen LogP contribution in [0.2, 0.25) is 0 Å². The van der Waals surface area contributed by atoms with Gasteiger partial charge in [0.1, 0.15) is 17.3 Å². The summed E-state index contributed by atoms with van der Waals surface area (Å²) < 4.78 is 16.5. The van der Waals surface area contributed by atoms with Gasteiger partial charge in [-0.2, -0.15) is 0 Å². The Bertz CT molecular complexity index is 1090. The highest BCUT2D eigenvalue weighted by Gasteiger charge is 2.46. The quantitative estimate of drug-likeness (QED) is 0.212. The van der Waals surface area contributed by atoms with Crippen LogP contribution in [0.5, 0.6) is 11.5 Å². The Hall–Kier alpha value is -3.36. The Morgan fingerprint density at radius 3 is 2.30 bits per heavy atom. The highest BCUT2D eigenvalue weighted by molar-refractivity contribution is 6.46. The smallest absolute Gasteiger partial charge is 0.295 e. The minimum Gasteiger partial charge on any atom is -0.507 e. The Morgan fingerprint density at radius 2 is 1.65 bits per heavy atom. The van der Waals surface area contributed by atoms with E-state index in [1.165, 1.54) is 0 Å². The van der Waals surface area contributed by atoms with E-state index in [1.54, 1.807) is 36.3 Å². The number of rotatable bonds is 11. The van der Waals surface area contributed by atoms with Crippen molar-refractivity contribution in [3.63, 3.8) is 0 Å². The highest BCUT2D eigenvalue weighted by atomic mass is 16.5. The van der Waals surface area contributed by atoms with Crippen molar-refractivity contribution in [2.24, 2.45) is 0 Å². The van der Waals surface area contributed by atoms with Gasteiger partial charge in [0.15, 0.2) is 0 Å². The Balaban J connectivity index is 1.64. The lowest BCUT2D eigenvalue weighted by Crippen LogP contribution is -2.42. The molecule has 0 aromatic heterocycles. The second-order valence-corrected chi connectivity index (χ2v) is 9.30. The summed E-state index contributed by atoms with van der Waals surface area (Å²) in [5, 5.41) is 11.2. The third-order valence-electron chi connectivity index (χ3n) is 6.88. The maximum atomic E-state index is 13.3. The van der Waals surface area contributed by atoms with Gasteiger partial charge >= 0.3 is 0 Å². The molecule has 2 aliphatic heterocycles. The fraction of sp³-hybridized carbons (Fsp3) is 0.448. The molecule has 2 aliphatic rings. The monoisotopic (exact) mass is 508 g/mol. The largest absolute Gasteiger partial charge is 0.507 e. The van der Waals surface area contributed by atoms with E-state index >= 15 is 0 Å². The van der Waals surface area contributed by atoms with Gasteiger partial charge in [0.05, 0.1) is 38.5 Å². The van der Waals surface area contributed by atoms with Crippen LogP contribution in [-0.4, -0.2) is 79.7 Å². The molecular formula is C29H36N2O6. The number of unbranched alkanes of at least 4 members (excludes halogenated alkanes) is 2. The maximum Gasteiger partial charge on any atom is 0.295 e. The van der Waals surface area contributed by atoms with Crippen molar-refractivity contribution < 1.29 is 28.9 Å². The molecule has 2 aromatic rings. The average molecular weight is 509 g/mol. The van der Waals surface area contributed by atoms with E-state index in [9.17, 15) is 14.7 Å². The van der Waals surface area contributed by atoms with Gasteiger partial charge in [-0.05, 0) is 48.4 Å². The van der Waals surface area contributed by atoms with Crippen LogP contribution < -0.4 is 9.47 Å². The van der Waals surface area contributed by atoms with Gasteiger partial charge < -0.3 is 24.2 Å². The number of carbonyl (C=O) groups excluding carboxylic acids is 2. The second-order valence-electron chi connectivity index (χ2n) is 9.30. The summed E-state index contributed by atoms with van der Waals surface area (Å²) in [5.74, 6) is -0.109. The van der Waals surface area contributed by atoms with Gasteiger partial charge in [0, 0.05) is 31.7 Å². The number of likely N-dealkylation sites (tertiary alicyclic amines) is 1. The van der Waals surface area contributed by atoms with Crippen LogP contribution >= 0.6 is 0 Å². The standard InChI is InChI=1S/C29H36N2O6/c1-3-4-5-18-37-24-12-6-21(7-13-24)26-25(27(32)22-8-10-23(35-2)11-9-22)28(33)29(34)31(26)15-14-30-16-19-36-20-17-30/h6-13,26,32H,3-5,14-20H2,1-2H3/b27-25+. The van der Waals surface area contributed by atoms with E-state index in [0.29, 0.717) is 44.2 Å². The second kappa shape index (κ2) is 12.7. The molecule has 198 valence electrons. The molecule has 1 amide bonds. The number of amides is 1. The minimum absolute atomic E-state index is 0.0914. The van der Waals surface area contributed by atoms with Crippen LogP contribution in [-0.2, 0) is 14.3 Å². The summed E-state index contributed by atoms with van der Waals surface area (Å²) in [7, 11) is 1.56.